The summed E-state index contributed by atoms with van der Waals surface area (Å²) in [6, 6.07) is 3.08. The first-order chi connectivity index (χ1) is 10.7. The second-order valence-electron chi connectivity index (χ2n) is 5.68. The van der Waals surface area contributed by atoms with Crippen molar-refractivity contribution in [3.05, 3.63) is 30.9 Å². The molecule has 0 spiro atoms. The number of aromatic nitrogens is 5. The summed E-state index contributed by atoms with van der Waals surface area (Å²) in [5.41, 5.74) is 2.61. The standard InChI is InChI=1S/C15H18N6O/c1-16-11-5-12(6-11)22-15-19-13(10-8-18-20(2)9-10)7-14-17-3-4-21(14)15/h3-4,7-9,11-12,16H,5-6H2,1-2H3. The molecule has 22 heavy (non-hydrogen) atoms. The molecule has 0 saturated heterocycles. The van der Waals surface area contributed by atoms with E-state index in [9.17, 15) is 0 Å². The van der Waals surface area contributed by atoms with Gasteiger partial charge in [0.1, 0.15) is 11.8 Å². The molecule has 1 aliphatic rings. The van der Waals surface area contributed by atoms with Crippen LogP contribution in [0.2, 0.25) is 0 Å². The number of hydrogen-bond acceptors (Lipinski definition) is 5. The maximum Gasteiger partial charge on any atom is 0.303 e. The van der Waals surface area contributed by atoms with E-state index in [0.29, 0.717) is 12.1 Å². The Morgan fingerprint density at radius 3 is 2.95 bits per heavy atom. The van der Waals surface area contributed by atoms with E-state index in [1.165, 1.54) is 0 Å². The average Bonchev–Trinajstić information content (AvgIpc) is 3.10. The fraction of sp³-hybridized carbons (Fsp3) is 0.400. The van der Waals surface area contributed by atoms with Gasteiger partial charge >= 0.3 is 6.01 Å². The molecule has 0 unspecified atom stereocenters. The molecule has 1 aliphatic carbocycles. The van der Waals surface area contributed by atoms with Crippen LogP contribution in [0.3, 0.4) is 0 Å². The van der Waals surface area contributed by atoms with Crippen LogP contribution in [0.15, 0.2) is 30.9 Å². The molecule has 1 fully saturated rings. The molecule has 0 amide bonds. The Morgan fingerprint density at radius 2 is 2.23 bits per heavy atom. The average molecular weight is 298 g/mol. The molecule has 3 heterocycles. The number of nitrogens with one attached hydrogen (secondary N) is 1. The maximum absolute atomic E-state index is 6.07. The Kier molecular flexibility index (Phi) is 3.07. The summed E-state index contributed by atoms with van der Waals surface area (Å²) in [5.74, 6) is 0. The summed E-state index contributed by atoms with van der Waals surface area (Å²) >= 11 is 0. The third-order valence-corrected chi connectivity index (χ3v) is 4.13. The summed E-state index contributed by atoms with van der Waals surface area (Å²) in [5, 5.41) is 7.46. The predicted molar refractivity (Wildman–Crippen MR) is 81.7 cm³/mol. The van der Waals surface area contributed by atoms with Crippen molar-refractivity contribution in [2.24, 2.45) is 7.05 Å². The van der Waals surface area contributed by atoms with E-state index in [2.05, 4.69) is 20.4 Å². The van der Waals surface area contributed by atoms with Gasteiger partial charge < -0.3 is 10.1 Å². The lowest BCUT2D eigenvalue weighted by Gasteiger charge is -2.34. The number of aryl methyl sites for hydroxylation is 1. The molecule has 3 aromatic heterocycles. The van der Waals surface area contributed by atoms with Crippen molar-refractivity contribution in [1.29, 1.82) is 0 Å². The van der Waals surface area contributed by atoms with Gasteiger partial charge in [0, 0.05) is 43.3 Å². The maximum atomic E-state index is 6.07. The highest BCUT2D eigenvalue weighted by atomic mass is 16.5. The molecule has 0 bridgehead atoms. The highest BCUT2D eigenvalue weighted by Crippen LogP contribution is 2.27. The van der Waals surface area contributed by atoms with Gasteiger partial charge in [-0.2, -0.15) is 10.1 Å². The Labute approximate surface area is 128 Å². The number of fused-ring (bicyclic) bond motifs is 1. The van der Waals surface area contributed by atoms with Gasteiger partial charge in [-0.3, -0.25) is 9.08 Å². The van der Waals surface area contributed by atoms with Crippen molar-refractivity contribution < 1.29 is 4.74 Å². The van der Waals surface area contributed by atoms with E-state index in [1.54, 1.807) is 17.1 Å². The summed E-state index contributed by atoms with van der Waals surface area (Å²) < 4.78 is 9.71. The van der Waals surface area contributed by atoms with E-state index in [1.807, 2.05) is 37.0 Å². The molecule has 0 atom stereocenters. The zero-order valence-electron chi connectivity index (χ0n) is 12.6. The fourth-order valence-corrected chi connectivity index (χ4v) is 2.73. The molecule has 114 valence electrons. The lowest BCUT2D eigenvalue weighted by molar-refractivity contribution is 0.0777. The second-order valence-corrected chi connectivity index (χ2v) is 5.68. The van der Waals surface area contributed by atoms with Gasteiger partial charge in [-0.05, 0) is 19.9 Å². The highest BCUT2D eigenvalue weighted by Gasteiger charge is 2.30. The first-order valence-corrected chi connectivity index (χ1v) is 7.40. The Hall–Kier alpha value is -2.41. The van der Waals surface area contributed by atoms with Crippen LogP contribution < -0.4 is 10.1 Å². The molecule has 4 rings (SSSR count). The van der Waals surface area contributed by atoms with Crippen molar-refractivity contribution >= 4 is 5.65 Å². The first kappa shape index (κ1) is 13.3. The van der Waals surface area contributed by atoms with Gasteiger partial charge in [-0.1, -0.05) is 0 Å². The van der Waals surface area contributed by atoms with Crippen LogP contribution in [0.4, 0.5) is 0 Å². The molecule has 1 N–H and O–H groups in total. The number of hydrogen-bond donors (Lipinski definition) is 1. The molecule has 7 heteroatoms. The van der Waals surface area contributed by atoms with Gasteiger partial charge in [0.25, 0.3) is 0 Å². The smallest absolute Gasteiger partial charge is 0.303 e. The molecule has 0 aromatic carbocycles. The van der Waals surface area contributed by atoms with E-state index in [4.69, 9.17) is 4.74 Å². The van der Waals surface area contributed by atoms with Gasteiger partial charge in [0.15, 0.2) is 0 Å². The van der Waals surface area contributed by atoms with Crippen LogP contribution in [0.1, 0.15) is 12.8 Å². The fourth-order valence-electron chi connectivity index (χ4n) is 2.73. The quantitative estimate of drug-likeness (QED) is 0.785. The van der Waals surface area contributed by atoms with Crippen molar-refractivity contribution in [1.82, 2.24) is 29.5 Å². The van der Waals surface area contributed by atoms with Crippen LogP contribution in [0.25, 0.3) is 16.9 Å². The van der Waals surface area contributed by atoms with Gasteiger partial charge in [-0.25, -0.2) is 4.98 Å². The molecular formula is C15H18N6O. The third-order valence-electron chi connectivity index (χ3n) is 4.13. The Bertz CT molecular complexity index is 801. The van der Waals surface area contributed by atoms with Crippen molar-refractivity contribution in [3.63, 3.8) is 0 Å². The van der Waals surface area contributed by atoms with E-state index in [0.717, 1.165) is 29.7 Å². The molecule has 3 aromatic rings. The molecule has 0 radical (unpaired) electrons. The Balaban J connectivity index is 1.68. The monoisotopic (exact) mass is 298 g/mol. The number of rotatable bonds is 4. The predicted octanol–water partition coefficient (Wildman–Crippen LogP) is 1.26. The summed E-state index contributed by atoms with van der Waals surface area (Å²) in [7, 11) is 3.87. The van der Waals surface area contributed by atoms with E-state index in [-0.39, 0.29) is 6.10 Å². The van der Waals surface area contributed by atoms with E-state index >= 15 is 0 Å². The third kappa shape index (κ3) is 2.23. The van der Waals surface area contributed by atoms with Gasteiger partial charge in [-0.15, -0.1) is 0 Å². The Morgan fingerprint density at radius 1 is 1.36 bits per heavy atom. The lowest BCUT2D eigenvalue weighted by atomic mass is 9.89. The summed E-state index contributed by atoms with van der Waals surface area (Å²) in [6.45, 7) is 0. The molecule has 1 saturated carbocycles. The van der Waals surface area contributed by atoms with Crippen LogP contribution >= 0.6 is 0 Å². The summed E-state index contributed by atoms with van der Waals surface area (Å²) in [6.07, 6.45) is 9.58. The van der Waals surface area contributed by atoms with Crippen LogP contribution in [0.5, 0.6) is 6.01 Å². The highest BCUT2D eigenvalue weighted by molar-refractivity contribution is 5.62. The first-order valence-electron chi connectivity index (χ1n) is 7.40. The van der Waals surface area contributed by atoms with Crippen LogP contribution in [-0.2, 0) is 7.05 Å². The summed E-state index contributed by atoms with van der Waals surface area (Å²) in [4.78, 5) is 9.01. The largest absolute Gasteiger partial charge is 0.461 e. The van der Waals surface area contributed by atoms with Crippen molar-refractivity contribution in [2.75, 3.05) is 7.05 Å². The number of ether oxygens (including phenoxy) is 1. The van der Waals surface area contributed by atoms with E-state index < -0.39 is 0 Å². The number of imidazole rings is 1. The zero-order valence-corrected chi connectivity index (χ0v) is 12.6. The SMILES string of the molecule is CNC1CC(Oc2nc(-c3cnn(C)c3)cc3nccn23)C1. The molecular weight excluding hydrogens is 280 g/mol. The minimum Gasteiger partial charge on any atom is -0.461 e. The minimum atomic E-state index is 0.208. The zero-order chi connectivity index (χ0) is 15.1. The molecule has 7 nitrogen and oxygen atoms in total. The minimum absolute atomic E-state index is 0.208. The van der Waals surface area contributed by atoms with Crippen molar-refractivity contribution in [3.8, 4) is 17.3 Å². The lowest BCUT2D eigenvalue weighted by Crippen LogP contribution is -2.45. The topological polar surface area (TPSA) is 69.3 Å². The van der Waals surface area contributed by atoms with Crippen LogP contribution in [0, 0.1) is 0 Å². The molecule has 0 aliphatic heterocycles. The second kappa shape index (κ2) is 5.10. The van der Waals surface area contributed by atoms with Gasteiger partial charge in [0.05, 0.1) is 11.9 Å². The normalized spacial score (nSPS) is 21.0. The van der Waals surface area contributed by atoms with Gasteiger partial charge in [0.2, 0.25) is 0 Å². The van der Waals surface area contributed by atoms with Crippen LogP contribution in [-0.4, -0.2) is 43.3 Å². The number of nitrogens with zero attached hydrogens (tertiary/aromatic N) is 5. The van der Waals surface area contributed by atoms with Crippen molar-refractivity contribution in [2.45, 2.75) is 25.0 Å².